The second-order valence-corrected chi connectivity index (χ2v) is 12.1. The SMILES string of the molecule is COCCCCn1c(C(=O)N(CC(C)C)C2CC(C(=O)OC)CN(C(=O)OC(C)(C)C)C2)nc2c(Cl)cccc21. The van der Waals surface area contributed by atoms with Gasteiger partial charge in [-0.3, -0.25) is 9.59 Å². The van der Waals surface area contributed by atoms with Crippen LogP contribution in [-0.4, -0.2) is 89.4 Å². The molecule has 0 aliphatic carbocycles. The number of halogens is 1. The molecule has 0 radical (unpaired) electrons. The first kappa shape index (κ1) is 31.7. The van der Waals surface area contributed by atoms with Gasteiger partial charge >= 0.3 is 12.1 Å². The summed E-state index contributed by atoms with van der Waals surface area (Å²) < 4.78 is 17.8. The Labute approximate surface area is 241 Å². The molecule has 11 heteroatoms. The Morgan fingerprint density at radius 2 is 1.88 bits per heavy atom. The van der Waals surface area contributed by atoms with Crippen molar-refractivity contribution in [2.45, 2.75) is 72.1 Å². The van der Waals surface area contributed by atoms with Crippen molar-refractivity contribution >= 4 is 40.6 Å². The third-order valence-electron chi connectivity index (χ3n) is 6.78. The Balaban J connectivity index is 2.02. The number of imidazole rings is 1. The summed E-state index contributed by atoms with van der Waals surface area (Å²) in [7, 11) is 2.99. The van der Waals surface area contributed by atoms with Gasteiger partial charge in [0.2, 0.25) is 0 Å². The zero-order chi connectivity index (χ0) is 29.6. The van der Waals surface area contributed by atoms with E-state index in [1.54, 1.807) is 38.8 Å². The van der Waals surface area contributed by atoms with Gasteiger partial charge in [-0.15, -0.1) is 0 Å². The number of amides is 2. The second-order valence-electron chi connectivity index (χ2n) is 11.7. The molecule has 2 heterocycles. The van der Waals surface area contributed by atoms with Crippen LogP contribution in [0.5, 0.6) is 0 Å². The Kier molecular flexibility index (Phi) is 10.8. The third-order valence-corrected chi connectivity index (χ3v) is 7.08. The summed E-state index contributed by atoms with van der Waals surface area (Å²) in [5.41, 5.74) is 0.644. The number of aryl methyl sites for hydroxylation is 1. The van der Waals surface area contributed by atoms with Crippen molar-refractivity contribution < 1.29 is 28.6 Å². The number of rotatable bonds is 10. The number of carbonyl (C=O) groups is 3. The molecule has 2 aromatic rings. The molecule has 10 nitrogen and oxygen atoms in total. The van der Waals surface area contributed by atoms with Gasteiger partial charge in [0.1, 0.15) is 11.1 Å². The lowest BCUT2D eigenvalue weighted by atomic mass is 9.92. The van der Waals surface area contributed by atoms with Crippen molar-refractivity contribution in [3.05, 3.63) is 29.0 Å². The summed E-state index contributed by atoms with van der Waals surface area (Å²) in [5.74, 6) is -0.883. The predicted octanol–water partition coefficient (Wildman–Crippen LogP) is 5.01. The van der Waals surface area contributed by atoms with Gasteiger partial charge in [-0.2, -0.15) is 0 Å². The van der Waals surface area contributed by atoms with E-state index < -0.39 is 29.6 Å². The Bertz CT molecular complexity index is 1190. The van der Waals surface area contributed by atoms with Gasteiger partial charge in [0, 0.05) is 39.9 Å². The minimum Gasteiger partial charge on any atom is -0.469 e. The fourth-order valence-corrected chi connectivity index (χ4v) is 5.26. The maximum Gasteiger partial charge on any atom is 0.410 e. The van der Waals surface area contributed by atoms with E-state index in [9.17, 15) is 14.4 Å². The molecular weight excluding hydrogens is 536 g/mol. The van der Waals surface area contributed by atoms with Gasteiger partial charge < -0.3 is 28.6 Å². The number of methoxy groups -OCH3 is 2. The average molecular weight is 579 g/mol. The van der Waals surface area contributed by atoms with Crippen LogP contribution in [0, 0.1) is 11.8 Å². The highest BCUT2D eigenvalue weighted by Crippen LogP contribution is 2.29. The zero-order valence-electron chi connectivity index (χ0n) is 24.7. The number of carbonyl (C=O) groups excluding carboxylic acids is 3. The number of benzene rings is 1. The first-order valence-electron chi connectivity index (χ1n) is 13.9. The highest BCUT2D eigenvalue weighted by molar-refractivity contribution is 6.35. The van der Waals surface area contributed by atoms with E-state index in [1.165, 1.54) is 12.0 Å². The standard InChI is InChI=1S/C29H43ClN4O6/c1-19(2)16-34(21-15-20(27(36)39-7)17-32(18-21)28(37)40-29(3,4)5)26(35)25-31-24-22(30)11-10-12-23(24)33(25)13-8-9-14-38-6/h10-12,19-21H,8-9,13-18H2,1-7H3. The molecule has 40 heavy (non-hydrogen) atoms. The summed E-state index contributed by atoms with van der Waals surface area (Å²) in [5, 5.41) is 0.470. The van der Waals surface area contributed by atoms with Gasteiger partial charge in [0.05, 0.1) is 29.6 Å². The Morgan fingerprint density at radius 1 is 1.15 bits per heavy atom. The largest absolute Gasteiger partial charge is 0.469 e. The predicted molar refractivity (Wildman–Crippen MR) is 153 cm³/mol. The second kappa shape index (κ2) is 13.7. The van der Waals surface area contributed by atoms with E-state index in [0.29, 0.717) is 36.7 Å². The van der Waals surface area contributed by atoms with Crippen LogP contribution in [0.4, 0.5) is 4.79 Å². The molecule has 0 spiro atoms. The van der Waals surface area contributed by atoms with Crippen LogP contribution in [0.3, 0.4) is 0 Å². The number of aromatic nitrogens is 2. The van der Waals surface area contributed by atoms with Crippen molar-refractivity contribution in [3.8, 4) is 0 Å². The summed E-state index contributed by atoms with van der Waals surface area (Å²) in [6, 6.07) is 5.07. The minimum absolute atomic E-state index is 0.126. The van der Waals surface area contributed by atoms with Crippen LogP contribution in [0.1, 0.15) is 64.5 Å². The topological polar surface area (TPSA) is 103 Å². The molecule has 0 bridgehead atoms. The van der Waals surface area contributed by atoms with Crippen molar-refractivity contribution in [1.29, 1.82) is 0 Å². The Hall–Kier alpha value is -2.85. The maximum absolute atomic E-state index is 14.3. The van der Waals surface area contributed by atoms with Crippen LogP contribution in [0.15, 0.2) is 18.2 Å². The number of hydrogen-bond acceptors (Lipinski definition) is 7. The van der Waals surface area contributed by atoms with Gasteiger partial charge in [0.15, 0.2) is 5.82 Å². The van der Waals surface area contributed by atoms with Gasteiger partial charge in [-0.05, 0) is 58.1 Å². The molecule has 222 valence electrons. The van der Waals surface area contributed by atoms with Crippen LogP contribution < -0.4 is 0 Å². The van der Waals surface area contributed by atoms with Gasteiger partial charge in [-0.1, -0.05) is 31.5 Å². The van der Waals surface area contributed by atoms with Crippen molar-refractivity contribution in [2.24, 2.45) is 11.8 Å². The number of fused-ring (bicyclic) bond motifs is 1. The lowest BCUT2D eigenvalue weighted by Gasteiger charge is -2.42. The number of para-hydroxylation sites is 1. The number of piperidine rings is 1. The summed E-state index contributed by atoms with van der Waals surface area (Å²) in [6.45, 7) is 11.4. The molecule has 0 N–H and O–H groups in total. The molecule has 2 unspecified atom stereocenters. The lowest BCUT2D eigenvalue weighted by molar-refractivity contribution is -0.148. The zero-order valence-corrected chi connectivity index (χ0v) is 25.5. The molecule has 2 amide bonds. The maximum atomic E-state index is 14.3. The van der Waals surface area contributed by atoms with Crippen molar-refractivity contribution in [2.75, 3.05) is 40.5 Å². The fraction of sp³-hybridized carbons (Fsp3) is 0.655. The summed E-state index contributed by atoms with van der Waals surface area (Å²) >= 11 is 6.49. The van der Waals surface area contributed by atoms with E-state index in [2.05, 4.69) is 0 Å². The fourth-order valence-electron chi connectivity index (χ4n) is 5.05. The lowest BCUT2D eigenvalue weighted by Crippen LogP contribution is -2.57. The highest BCUT2D eigenvalue weighted by Gasteiger charge is 2.41. The molecule has 1 saturated heterocycles. The van der Waals surface area contributed by atoms with E-state index >= 15 is 0 Å². The summed E-state index contributed by atoms with van der Waals surface area (Å²) in [6.07, 6.45) is 1.45. The van der Waals surface area contributed by atoms with Crippen LogP contribution in [0.25, 0.3) is 11.0 Å². The smallest absolute Gasteiger partial charge is 0.410 e. The average Bonchev–Trinajstić information content (AvgIpc) is 3.27. The molecule has 0 saturated carbocycles. The molecule has 1 aliphatic heterocycles. The number of hydrogen-bond donors (Lipinski definition) is 0. The van der Waals surface area contributed by atoms with E-state index in [-0.39, 0.29) is 30.7 Å². The summed E-state index contributed by atoms with van der Waals surface area (Å²) in [4.78, 5) is 48.1. The first-order valence-corrected chi connectivity index (χ1v) is 14.2. The number of likely N-dealkylation sites (tertiary alicyclic amines) is 1. The highest BCUT2D eigenvalue weighted by atomic mass is 35.5. The molecular formula is C29H43ClN4O6. The van der Waals surface area contributed by atoms with E-state index in [4.69, 9.17) is 30.8 Å². The van der Waals surface area contributed by atoms with Crippen LogP contribution >= 0.6 is 11.6 Å². The van der Waals surface area contributed by atoms with Crippen LogP contribution in [0.2, 0.25) is 5.02 Å². The molecule has 1 aromatic heterocycles. The van der Waals surface area contributed by atoms with E-state index in [1.807, 2.05) is 30.5 Å². The molecule has 1 fully saturated rings. The minimum atomic E-state index is -0.703. The van der Waals surface area contributed by atoms with Crippen molar-refractivity contribution in [3.63, 3.8) is 0 Å². The monoisotopic (exact) mass is 578 g/mol. The third kappa shape index (κ3) is 7.87. The molecule has 1 aromatic carbocycles. The number of esters is 1. The number of ether oxygens (including phenoxy) is 3. The number of unbranched alkanes of at least 4 members (excludes halogenated alkanes) is 1. The van der Waals surface area contributed by atoms with Crippen LogP contribution in [-0.2, 0) is 25.5 Å². The van der Waals surface area contributed by atoms with Gasteiger partial charge in [-0.25, -0.2) is 9.78 Å². The number of nitrogens with zero attached hydrogens (tertiary/aromatic N) is 4. The molecule has 2 atom stereocenters. The van der Waals surface area contributed by atoms with Crippen molar-refractivity contribution in [1.82, 2.24) is 19.4 Å². The Morgan fingerprint density at radius 3 is 2.50 bits per heavy atom. The molecule has 1 aliphatic rings. The van der Waals surface area contributed by atoms with E-state index in [0.717, 1.165) is 18.4 Å². The quantitative estimate of drug-likeness (QED) is 0.288. The first-order chi connectivity index (χ1) is 18.9. The van der Waals surface area contributed by atoms with Gasteiger partial charge in [0.25, 0.3) is 5.91 Å². The molecule has 3 rings (SSSR count). The normalized spacial score (nSPS) is 17.8.